The van der Waals surface area contributed by atoms with Crippen LogP contribution in [0.1, 0.15) is 41.5 Å². The summed E-state index contributed by atoms with van der Waals surface area (Å²) in [5.41, 5.74) is -0.993. The summed E-state index contributed by atoms with van der Waals surface area (Å²) in [5, 5.41) is 24.3. The summed E-state index contributed by atoms with van der Waals surface area (Å²) in [7, 11) is -1.50. The van der Waals surface area contributed by atoms with E-state index in [1.807, 2.05) is 0 Å². The Kier molecular flexibility index (Phi) is 9.95. The molecule has 2 N–H and O–H groups in total. The molecule has 0 aliphatic heterocycles. The second kappa shape index (κ2) is 10.6. The zero-order chi connectivity index (χ0) is 21.4. The van der Waals surface area contributed by atoms with Crippen LogP contribution in [0.2, 0.25) is 10.0 Å². The minimum Gasteiger partial charge on any atom is -0.441 e. The summed E-state index contributed by atoms with van der Waals surface area (Å²) >= 11 is 11.2. The summed E-state index contributed by atoms with van der Waals surface area (Å²) in [6.45, 7) is 10.1. The van der Waals surface area contributed by atoms with Gasteiger partial charge < -0.3 is 19.5 Å². The van der Waals surface area contributed by atoms with Gasteiger partial charge in [-0.05, 0) is 59.1 Å². The van der Waals surface area contributed by atoms with Crippen molar-refractivity contribution in [1.29, 1.82) is 0 Å². The van der Waals surface area contributed by atoms with Crippen LogP contribution in [-0.4, -0.2) is 40.6 Å². The maximum Gasteiger partial charge on any atom is 0.488 e. The second-order valence-electron chi connectivity index (χ2n) is 7.21. The number of hydrogen-bond donors (Lipinski definition) is 2. The van der Waals surface area contributed by atoms with E-state index in [1.54, 1.807) is 41.5 Å². The number of nitrogens with zero attached hydrogens (tertiary/aromatic N) is 2. The SMILES string of the molecule is CC(C)(C)OC(=O)N=NC(=O)OC(C)(C)C.OB(O)c1ccc(Cl)c(Cl)c1. The summed E-state index contributed by atoms with van der Waals surface area (Å²) in [6, 6.07) is 4.42. The predicted octanol–water partition coefficient (Wildman–Crippen LogP) is 3.98. The van der Waals surface area contributed by atoms with E-state index in [0.717, 1.165) is 0 Å². The number of carbonyl (C=O) groups is 2. The first-order chi connectivity index (χ1) is 12.1. The molecule has 1 aromatic rings. The first-order valence-corrected chi connectivity index (χ1v) is 8.55. The van der Waals surface area contributed by atoms with Crippen LogP contribution in [-0.2, 0) is 9.47 Å². The van der Waals surface area contributed by atoms with Gasteiger partial charge in [0.2, 0.25) is 0 Å². The average Bonchev–Trinajstić information content (AvgIpc) is 2.45. The Morgan fingerprint density at radius 1 is 0.889 bits per heavy atom. The van der Waals surface area contributed by atoms with Crippen LogP contribution >= 0.6 is 23.2 Å². The van der Waals surface area contributed by atoms with E-state index in [-0.39, 0.29) is 0 Å². The molecule has 11 heteroatoms. The van der Waals surface area contributed by atoms with Crippen molar-refractivity contribution in [3.05, 3.63) is 28.2 Å². The molecule has 0 bridgehead atoms. The zero-order valence-corrected chi connectivity index (χ0v) is 17.5. The average molecular weight is 421 g/mol. The fraction of sp³-hybridized carbons (Fsp3) is 0.500. The van der Waals surface area contributed by atoms with Crippen molar-refractivity contribution in [1.82, 2.24) is 0 Å². The Bertz CT molecular complexity index is 654. The van der Waals surface area contributed by atoms with Crippen molar-refractivity contribution in [2.75, 3.05) is 0 Å². The van der Waals surface area contributed by atoms with Crippen LogP contribution in [0, 0.1) is 0 Å². The standard InChI is InChI=1S/C10H18N2O4.C6H5BCl2O2/c1-9(2,3)15-7(13)11-12-8(14)16-10(4,5)6;8-5-2-1-4(7(10)11)3-6(5)9/h1-6H3;1-3,10-11H. The Balaban J connectivity index is 0.000000533. The second-order valence-corrected chi connectivity index (χ2v) is 8.02. The summed E-state index contributed by atoms with van der Waals surface area (Å²) in [6.07, 6.45) is -1.84. The molecule has 0 aromatic heterocycles. The molecule has 0 saturated carbocycles. The van der Waals surface area contributed by atoms with E-state index >= 15 is 0 Å². The van der Waals surface area contributed by atoms with Crippen LogP contribution in [0.15, 0.2) is 28.4 Å². The fourth-order valence-electron chi connectivity index (χ4n) is 1.32. The third-order valence-corrected chi connectivity index (χ3v) is 2.98. The molecular formula is C16H23BCl2N2O6. The van der Waals surface area contributed by atoms with Gasteiger partial charge in [0, 0.05) is 0 Å². The Labute approximate surface area is 168 Å². The highest BCUT2D eigenvalue weighted by atomic mass is 35.5. The molecule has 0 radical (unpaired) electrons. The Hall–Kier alpha value is -1.68. The number of hydrogen-bond acceptors (Lipinski definition) is 6. The quantitative estimate of drug-likeness (QED) is 0.523. The van der Waals surface area contributed by atoms with Gasteiger partial charge in [0.1, 0.15) is 11.2 Å². The molecule has 1 rings (SSSR count). The number of azo groups is 1. The topological polar surface area (TPSA) is 118 Å². The van der Waals surface area contributed by atoms with E-state index in [1.165, 1.54) is 18.2 Å². The van der Waals surface area contributed by atoms with E-state index < -0.39 is 30.5 Å². The molecule has 0 aliphatic rings. The van der Waals surface area contributed by atoms with Crippen molar-refractivity contribution in [2.24, 2.45) is 10.2 Å². The minimum absolute atomic E-state index is 0.317. The van der Waals surface area contributed by atoms with E-state index in [9.17, 15) is 9.59 Å². The molecule has 0 unspecified atom stereocenters. The minimum atomic E-state index is -1.50. The lowest BCUT2D eigenvalue weighted by atomic mass is 9.80. The number of rotatable bonds is 1. The zero-order valence-electron chi connectivity index (χ0n) is 16.0. The van der Waals surface area contributed by atoms with Gasteiger partial charge in [-0.1, -0.05) is 39.5 Å². The van der Waals surface area contributed by atoms with Gasteiger partial charge in [-0.15, -0.1) is 0 Å². The highest BCUT2D eigenvalue weighted by molar-refractivity contribution is 6.59. The van der Waals surface area contributed by atoms with Crippen molar-refractivity contribution in [3.8, 4) is 0 Å². The summed E-state index contributed by atoms with van der Waals surface area (Å²) in [4.78, 5) is 22.1. The van der Waals surface area contributed by atoms with Gasteiger partial charge in [0.15, 0.2) is 0 Å². The van der Waals surface area contributed by atoms with Crippen molar-refractivity contribution in [2.45, 2.75) is 52.7 Å². The van der Waals surface area contributed by atoms with Crippen LogP contribution < -0.4 is 5.46 Å². The first kappa shape index (κ1) is 25.3. The summed E-state index contributed by atoms with van der Waals surface area (Å²) in [5.74, 6) is 0. The maximum absolute atomic E-state index is 11.0. The summed E-state index contributed by atoms with van der Waals surface area (Å²) < 4.78 is 9.62. The van der Waals surface area contributed by atoms with Crippen LogP contribution in [0.3, 0.4) is 0 Å². The maximum atomic E-state index is 11.0. The van der Waals surface area contributed by atoms with Gasteiger partial charge in [0.05, 0.1) is 10.0 Å². The van der Waals surface area contributed by atoms with Crippen LogP contribution in [0.25, 0.3) is 0 Å². The molecule has 8 nitrogen and oxygen atoms in total. The molecule has 0 spiro atoms. The molecule has 0 heterocycles. The number of carbonyl (C=O) groups excluding carboxylic acids is 2. The van der Waals surface area contributed by atoms with Gasteiger partial charge in [0.25, 0.3) is 0 Å². The monoisotopic (exact) mass is 420 g/mol. The Morgan fingerprint density at radius 2 is 1.30 bits per heavy atom. The lowest BCUT2D eigenvalue weighted by Crippen LogP contribution is -2.29. The molecule has 1 aromatic carbocycles. The molecule has 2 amide bonds. The normalized spacial score (nSPS) is 11.5. The largest absolute Gasteiger partial charge is 0.488 e. The number of ether oxygens (including phenoxy) is 2. The number of benzene rings is 1. The van der Waals surface area contributed by atoms with Gasteiger partial charge in [-0.25, -0.2) is 9.59 Å². The van der Waals surface area contributed by atoms with Gasteiger partial charge in [-0.2, -0.15) is 0 Å². The third-order valence-electron chi connectivity index (χ3n) is 2.24. The number of halogens is 2. The van der Waals surface area contributed by atoms with Gasteiger partial charge >= 0.3 is 19.3 Å². The molecular weight excluding hydrogens is 398 g/mol. The lowest BCUT2D eigenvalue weighted by molar-refractivity contribution is 0.0516. The molecule has 0 aliphatic carbocycles. The highest BCUT2D eigenvalue weighted by Gasteiger charge is 2.18. The lowest BCUT2D eigenvalue weighted by Gasteiger charge is -2.17. The van der Waals surface area contributed by atoms with E-state index in [4.69, 9.17) is 42.7 Å². The van der Waals surface area contributed by atoms with Crippen molar-refractivity contribution in [3.63, 3.8) is 0 Å². The van der Waals surface area contributed by atoms with Crippen LogP contribution in [0.4, 0.5) is 9.59 Å². The van der Waals surface area contributed by atoms with Crippen molar-refractivity contribution >= 4 is 48.0 Å². The van der Waals surface area contributed by atoms with E-state index in [2.05, 4.69) is 10.2 Å². The highest BCUT2D eigenvalue weighted by Crippen LogP contribution is 2.19. The smallest absolute Gasteiger partial charge is 0.441 e. The van der Waals surface area contributed by atoms with E-state index in [0.29, 0.717) is 15.5 Å². The molecule has 0 saturated heterocycles. The first-order valence-electron chi connectivity index (χ1n) is 7.79. The molecule has 0 fully saturated rings. The van der Waals surface area contributed by atoms with Crippen molar-refractivity contribution < 1.29 is 29.1 Å². The van der Waals surface area contributed by atoms with Crippen LogP contribution in [0.5, 0.6) is 0 Å². The number of amides is 2. The Morgan fingerprint density at radius 3 is 1.59 bits per heavy atom. The van der Waals surface area contributed by atoms with Gasteiger partial charge in [-0.3, -0.25) is 0 Å². The molecule has 150 valence electrons. The third kappa shape index (κ3) is 13.2. The fourth-order valence-corrected chi connectivity index (χ4v) is 1.63. The molecule has 27 heavy (non-hydrogen) atoms. The molecule has 0 atom stereocenters. The predicted molar refractivity (Wildman–Crippen MR) is 104 cm³/mol.